The van der Waals surface area contributed by atoms with E-state index in [1.807, 2.05) is 50.2 Å². The summed E-state index contributed by atoms with van der Waals surface area (Å²) in [5.74, 6) is 0.567. The Morgan fingerprint density at radius 3 is 2.30 bits per heavy atom. The number of rotatable bonds is 5. The third-order valence-corrected chi connectivity index (χ3v) is 8.35. The maximum absolute atomic E-state index is 13.9. The number of piperazine rings is 1. The van der Waals surface area contributed by atoms with Crippen LogP contribution in [-0.4, -0.2) is 62.9 Å². The minimum atomic E-state index is -3.87. The Labute approximate surface area is 223 Å². The predicted molar refractivity (Wildman–Crippen MR) is 146 cm³/mol. The van der Waals surface area contributed by atoms with Crippen molar-refractivity contribution < 1.29 is 22.7 Å². The zero-order chi connectivity index (χ0) is 27.1. The van der Waals surface area contributed by atoms with Gasteiger partial charge in [0.25, 0.3) is 0 Å². The van der Waals surface area contributed by atoms with Crippen molar-refractivity contribution >= 4 is 44.1 Å². The summed E-state index contributed by atoms with van der Waals surface area (Å²) in [5.41, 5.74) is 0.909. The van der Waals surface area contributed by atoms with Gasteiger partial charge in [0.1, 0.15) is 11.4 Å². The Morgan fingerprint density at radius 2 is 1.70 bits per heavy atom. The van der Waals surface area contributed by atoms with Gasteiger partial charge in [0.05, 0.1) is 22.6 Å². The molecule has 10 heteroatoms. The number of amides is 1. The van der Waals surface area contributed by atoms with Crippen LogP contribution in [0.15, 0.2) is 52.4 Å². The second kappa shape index (κ2) is 10.1. The number of carbonyl (C=O) groups excluding carboxylic acids is 1. The topological polar surface area (TPSA) is 81.1 Å². The predicted octanol–water partition coefficient (Wildman–Crippen LogP) is 5.77. The number of carbonyl (C=O) groups is 1. The number of nitrogens with zero attached hydrogens (tertiary/aromatic N) is 3. The third-order valence-electron chi connectivity index (χ3n) is 6.34. The van der Waals surface area contributed by atoms with E-state index in [-0.39, 0.29) is 21.9 Å². The van der Waals surface area contributed by atoms with E-state index in [1.165, 1.54) is 0 Å². The molecule has 1 amide bonds. The molecule has 3 aromatic rings. The lowest BCUT2D eigenvalue weighted by molar-refractivity contribution is 0.0240. The van der Waals surface area contributed by atoms with Gasteiger partial charge in [0.2, 0.25) is 9.84 Å². The molecule has 1 saturated heterocycles. The second-order valence-corrected chi connectivity index (χ2v) is 12.8. The van der Waals surface area contributed by atoms with Gasteiger partial charge in [0.15, 0.2) is 0 Å². The van der Waals surface area contributed by atoms with E-state index >= 15 is 0 Å². The Kier molecular flexibility index (Phi) is 7.41. The van der Waals surface area contributed by atoms with E-state index < -0.39 is 15.4 Å². The SMILES string of the molecule is COc1ccc(S(=O)(=O)c2cn(C(C)C)c3ccc(Cl)cc23)cc1N1CCN(C(=O)OC(C)(C)C)CC1. The fraction of sp³-hybridized carbons (Fsp3) is 0.444. The normalized spacial score (nSPS) is 14.9. The summed E-state index contributed by atoms with van der Waals surface area (Å²) in [6, 6.07) is 10.3. The Balaban J connectivity index is 1.67. The monoisotopic (exact) mass is 547 g/mol. The maximum atomic E-state index is 13.9. The molecule has 0 radical (unpaired) electrons. The standard InChI is InChI=1S/C27H34ClN3O5S/c1-18(2)31-17-25(21-15-19(28)7-9-22(21)31)37(33,34)20-8-10-24(35-6)23(16-20)29-11-13-30(14-12-29)26(32)36-27(3,4)5/h7-10,15-18H,11-14H2,1-6H3. The molecule has 200 valence electrons. The van der Waals surface area contributed by atoms with Crippen LogP contribution in [0.25, 0.3) is 10.9 Å². The molecule has 2 heterocycles. The lowest BCUT2D eigenvalue weighted by Crippen LogP contribution is -2.50. The number of anilines is 1. The molecule has 1 aliphatic heterocycles. The molecule has 4 rings (SSSR count). The van der Waals surface area contributed by atoms with Gasteiger partial charge in [-0.25, -0.2) is 13.2 Å². The Bertz CT molecular complexity index is 1420. The van der Waals surface area contributed by atoms with Gasteiger partial charge in [0, 0.05) is 54.3 Å². The molecule has 0 unspecified atom stereocenters. The third kappa shape index (κ3) is 5.52. The van der Waals surface area contributed by atoms with Crippen molar-refractivity contribution in [2.75, 3.05) is 38.2 Å². The maximum Gasteiger partial charge on any atom is 0.410 e. The van der Waals surface area contributed by atoms with Crippen molar-refractivity contribution in [1.29, 1.82) is 0 Å². The number of hydrogen-bond acceptors (Lipinski definition) is 6. The van der Waals surface area contributed by atoms with Crippen molar-refractivity contribution in [3.8, 4) is 5.75 Å². The number of ether oxygens (including phenoxy) is 2. The fourth-order valence-electron chi connectivity index (χ4n) is 4.51. The number of aromatic nitrogens is 1. The van der Waals surface area contributed by atoms with Crippen molar-refractivity contribution in [3.63, 3.8) is 0 Å². The van der Waals surface area contributed by atoms with Crippen molar-refractivity contribution in [3.05, 3.63) is 47.6 Å². The van der Waals surface area contributed by atoms with Crippen molar-refractivity contribution in [1.82, 2.24) is 9.47 Å². The van der Waals surface area contributed by atoms with E-state index in [0.717, 1.165) is 5.52 Å². The van der Waals surface area contributed by atoms with Crippen LogP contribution in [0.1, 0.15) is 40.7 Å². The molecular weight excluding hydrogens is 514 g/mol. The van der Waals surface area contributed by atoms with Gasteiger partial charge in [-0.15, -0.1) is 0 Å². The lowest BCUT2D eigenvalue weighted by Gasteiger charge is -2.37. The van der Waals surface area contributed by atoms with Crippen LogP contribution in [0.3, 0.4) is 0 Å². The average Bonchev–Trinajstić information content (AvgIpc) is 3.22. The molecular formula is C27H34ClN3O5S. The molecule has 0 bridgehead atoms. The number of benzene rings is 2. The van der Waals surface area contributed by atoms with Crippen molar-refractivity contribution in [2.45, 2.75) is 56.1 Å². The first-order valence-corrected chi connectivity index (χ1v) is 14.1. The lowest BCUT2D eigenvalue weighted by atomic mass is 10.2. The zero-order valence-corrected chi connectivity index (χ0v) is 23.7. The molecule has 37 heavy (non-hydrogen) atoms. The fourth-order valence-corrected chi connectivity index (χ4v) is 6.15. The summed E-state index contributed by atoms with van der Waals surface area (Å²) in [7, 11) is -2.31. The highest BCUT2D eigenvalue weighted by molar-refractivity contribution is 7.91. The first-order chi connectivity index (χ1) is 17.3. The van der Waals surface area contributed by atoms with Crippen LogP contribution in [-0.2, 0) is 14.6 Å². The van der Waals surface area contributed by atoms with E-state index in [0.29, 0.717) is 48.0 Å². The summed E-state index contributed by atoms with van der Waals surface area (Å²) in [5, 5.41) is 1.06. The van der Waals surface area contributed by atoms with Gasteiger partial charge in [-0.1, -0.05) is 11.6 Å². The molecule has 0 aliphatic carbocycles. The first-order valence-electron chi connectivity index (χ1n) is 12.3. The van der Waals surface area contributed by atoms with Crippen molar-refractivity contribution in [2.24, 2.45) is 0 Å². The average molecular weight is 548 g/mol. The van der Waals surface area contributed by atoms with Crippen LogP contribution in [0.4, 0.5) is 10.5 Å². The van der Waals surface area contributed by atoms with Crippen LogP contribution < -0.4 is 9.64 Å². The van der Waals surface area contributed by atoms with Crippen LogP contribution in [0.5, 0.6) is 5.75 Å². The molecule has 2 aromatic carbocycles. The van der Waals surface area contributed by atoms with E-state index in [4.69, 9.17) is 21.1 Å². The molecule has 0 saturated carbocycles. The smallest absolute Gasteiger partial charge is 0.410 e. The van der Waals surface area contributed by atoms with Gasteiger partial charge in [-0.05, 0) is 71.0 Å². The number of fused-ring (bicyclic) bond motifs is 1. The number of methoxy groups -OCH3 is 1. The van der Waals surface area contributed by atoms with Gasteiger partial charge in [-0.2, -0.15) is 0 Å². The highest BCUT2D eigenvalue weighted by atomic mass is 35.5. The van der Waals surface area contributed by atoms with E-state index in [9.17, 15) is 13.2 Å². The molecule has 1 aliphatic rings. The van der Waals surface area contributed by atoms with Gasteiger partial charge >= 0.3 is 6.09 Å². The minimum Gasteiger partial charge on any atom is -0.495 e. The molecule has 8 nitrogen and oxygen atoms in total. The minimum absolute atomic E-state index is 0.0697. The molecule has 1 fully saturated rings. The Morgan fingerprint density at radius 1 is 1.03 bits per heavy atom. The molecule has 1 aromatic heterocycles. The highest BCUT2D eigenvalue weighted by Crippen LogP contribution is 2.37. The number of hydrogen-bond donors (Lipinski definition) is 0. The van der Waals surface area contributed by atoms with Gasteiger partial charge in [-0.3, -0.25) is 0 Å². The van der Waals surface area contributed by atoms with Crippen LogP contribution >= 0.6 is 11.6 Å². The Hall–Kier alpha value is -2.91. The summed E-state index contributed by atoms with van der Waals surface area (Å²) in [6.45, 7) is 11.5. The summed E-state index contributed by atoms with van der Waals surface area (Å²) in [6.07, 6.45) is 1.33. The largest absolute Gasteiger partial charge is 0.495 e. The van der Waals surface area contributed by atoms with E-state index in [1.54, 1.807) is 48.5 Å². The summed E-state index contributed by atoms with van der Waals surface area (Å²) >= 11 is 6.25. The number of sulfone groups is 1. The number of halogens is 1. The summed E-state index contributed by atoms with van der Waals surface area (Å²) in [4.78, 5) is 16.6. The quantitative estimate of drug-likeness (QED) is 0.403. The van der Waals surface area contributed by atoms with Crippen LogP contribution in [0.2, 0.25) is 5.02 Å². The molecule has 0 spiro atoms. The highest BCUT2D eigenvalue weighted by Gasteiger charge is 2.29. The zero-order valence-electron chi connectivity index (χ0n) is 22.1. The second-order valence-electron chi connectivity index (χ2n) is 10.4. The van der Waals surface area contributed by atoms with Gasteiger partial charge < -0.3 is 23.8 Å². The molecule has 0 N–H and O–H groups in total. The van der Waals surface area contributed by atoms with Crippen LogP contribution in [0, 0.1) is 0 Å². The first kappa shape index (κ1) is 27.1. The summed E-state index contributed by atoms with van der Waals surface area (Å²) < 4.78 is 40.8. The molecule has 0 atom stereocenters. The van der Waals surface area contributed by atoms with E-state index in [2.05, 4.69) is 0 Å².